The third-order valence-corrected chi connectivity index (χ3v) is 3.16. The van der Waals surface area contributed by atoms with Crippen LogP contribution in [-0.4, -0.2) is 31.6 Å². The second-order valence-corrected chi connectivity index (χ2v) is 4.95. The first-order valence-electron chi connectivity index (χ1n) is 6.21. The highest BCUT2D eigenvalue weighted by molar-refractivity contribution is 5.36. The average Bonchev–Trinajstić information content (AvgIpc) is 2.28. The SMILES string of the molecule is Cc1ccc(OCC2=CCCN(C)C2)c(C)c1. The van der Waals surface area contributed by atoms with Crippen LogP contribution in [0.5, 0.6) is 5.75 Å². The van der Waals surface area contributed by atoms with Crippen molar-refractivity contribution in [3.05, 3.63) is 41.0 Å². The summed E-state index contributed by atoms with van der Waals surface area (Å²) in [6.07, 6.45) is 3.45. The Morgan fingerprint density at radius 2 is 2.12 bits per heavy atom. The summed E-state index contributed by atoms with van der Waals surface area (Å²) in [6, 6.07) is 6.33. The molecular formula is C15H21NO. The highest BCUT2D eigenvalue weighted by Gasteiger charge is 2.09. The van der Waals surface area contributed by atoms with Gasteiger partial charge in [-0.25, -0.2) is 0 Å². The van der Waals surface area contributed by atoms with Crippen molar-refractivity contribution in [2.24, 2.45) is 0 Å². The van der Waals surface area contributed by atoms with Crippen LogP contribution >= 0.6 is 0 Å². The second-order valence-electron chi connectivity index (χ2n) is 4.95. The third kappa shape index (κ3) is 3.34. The largest absolute Gasteiger partial charge is 0.489 e. The molecule has 0 fully saturated rings. The van der Waals surface area contributed by atoms with Crippen molar-refractivity contribution in [1.29, 1.82) is 0 Å². The van der Waals surface area contributed by atoms with Crippen LogP contribution < -0.4 is 4.74 Å². The third-order valence-electron chi connectivity index (χ3n) is 3.16. The molecule has 1 aliphatic rings. The Bertz CT molecular complexity index is 423. The second kappa shape index (κ2) is 5.37. The molecule has 0 N–H and O–H groups in total. The molecule has 0 aliphatic carbocycles. The van der Waals surface area contributed by atoms with Crippen molar-refractivity contribution >= 4 is 0 Å². The van der Waals surface area contributed by atoms with Gasteiger partial charge < -0.3 is 9.64 Å². The predicted molar refractivity (Wildman–Crippen MR) is 71.6 cm³/mol. The monoisotopic (exact) mass is 231 g/mol. The highest BCUT2D eigenvalue weighted by Crippen LogP contribution is 2.20. The summed E-state index contributed by atoms with van der Waals surface area (Å²) in [6.45, 7) is 7.12. The van der Waals surface area contributed by atoms with Gasteiger partial charge in [0.25, 0.3) is 0 Å². The molecule has 2 rings (SSSR count). The molecule has 1 heterocycles. The Kier molecular flexibility index (Phi) is 3.85. The van der Waals surface area contributed by atoms with Crippen LogP contribution in [0.1, 0.15) is 17.5 Å². The van der Waals surface area contributed by atoms with E-state index in [4.69, 9.17) is 4.74 Å². The molecule has 0 saturated heterocycles. The number of aryl methyl sites for hydroxylation is 2. The summed E-state index contributed by atoms with van der Waals surface area (Å²) in [5.74, 6) is 1.00. The zero-order valence-electron chi connectivity index (χ0n) is 11.0. The van der Waals surface area contributed by atoms with E-state index in [9.17, 15) is 0 Å². The van der Waals surface area contributed by atoms with Gasteiger partial charge in [-0.15, -0.1) is 0 Å². The molecule has 0 unspecified atom stereocenters. The van der Waals surface area contributed by atoms with E-state index in [2.05, 4.69) is 50.1 Å². The van der Waals surface area contributed by atoms with Gasteiger partial charge in [-0.3, -0.25) is 0 Å². The van der Waals surface area contributed by atoms with E-state index in [0.717, 1.165) is 25.3 Å². The molecule has 1 aromatic carbocycles. The highest BCUT2D eigenvalue weighted by atomic mass is 16.5. The predicted octanol–water partition coefficient (Wildman–Crippen LogP) is 2.94. The van der Waals surface area contributed by atoms with Crippen molar-refractivity contribution in [3.8, 4) is 5.75 Å². The van der Waals surface area contributed by atoms with Crippen LogP contribution in [0.4, 0.5) is 0 Å². The molecule has 0 radical (unpaired) electrons. The Hall–Kier alpha value is -1.28. The molecule has 1 aromatic rings. The molecule has 0 spiro atoms. The van der Waals surface area contributed by atoms with Gasteiger partial charge in [0.15, 0.2) is 0 Å². The average molecular weight is 231 g/mol. The van der Waals surface area contributed by atoms with Crippen LogP contribution in [0.3, 0.4) is 0 Å². The van der Waals surface area contributed by atoms with Crippen molar-refractivity contribution in [3.63, 3.8) is 0 Å². The van der Waals surface area contributed by atoms with Crippen molar-refractivity contribution in [1.82, 2.24) is 4.90 Å². The molecule has 92 valence electrons. The van der Waals surface area contributed by atoms with Crippen LogP contribution in [-0.2, 0) is 0 Å². The summed E-state index contributed by atoms with van der Waals surface area (Å²) in [4.78, 5) is 2.33. The number of benzene rings is 1. The molecule has 0 bridgehead atoms. The Labute approximate surface area is 104 Å². The molecular weight excluding hydrogens is 210 g/mol. The van der Waals surface area contributed by atoms with Crippen LogP contribution in [0, 0.1) is 13.8 Å². The van der Waals surface area contributed by atoms with Gasteiger partial charge >= 0.3 is 0 Å². The van der Waals surface area contributed by atoms with E-state index in [1.54, 1.807) is 0 Å². The van der Waals surface area contributed by atoms with Crippen molar-refractivity contribution in [2.75, 3.05) is 26.7 Å². The fraction of sp³-hybridized carbons (Fsp3) is 0.467. The van der Waals surface area contributed by atoms with E-state index in [-0.39, 0.29) is 0 Å². The van der Waals surface area contributed by atoms with Crippen LogP contribution in [0.25, 0.3) is 0 Å². The number of rotatable bonds is 3. The van der Waals surface area contributed by atoms with Crippen molar-refractivity contribution in [2.45, 2.75) is 20.3 Å². The van der Waals surface area contributed by atoms with E-state index in [1.807, 2.05) is 0 Å². The lowest BCUT2D eigenvalue weighted by atomic mass is 10.1. The number of hydrogen-bond acceptors (Lipinski definition) is 2. The number of hydrogen-bond donors (Lipinski definition) is 0. The molecule has 0 aromatic heterocycles. The maximum atomic E-state index is 5.88. The van der Waals surface area contributed by atoms with E-state index >= 15 is 0 Å². The fourth-order valence-corrected chi connectivity index (χ4v) is 2.22. The lowest BCUT2D eigenvalue weighted by Crippen LogP contribution is -2.27. The van der Waals surface area contributed by atoms with Crippen LogP contribution in [0.15, 0.2) is 29.8 Å². The summed E-state index contributed by atoms with van der Waals surface area (Å²) in [7, 11) is 2.16. The summed E-state index contributed by atoms with van der Waals surface area (Å²) in [5.41, 5.74) is 3.89. The normalized spacial score (nSPS) is 16.8. The maximum absolute atomic E-state index is 5.88. The van der Waals surface area contributed by atoms with Gasteiger partial charge in [-0.2, -0.15) is 0 Å². The topological polar surface area (TPSA) is 12.5 Å². The minimum atomic E-state index is 0.717. The quantitative estimate of drug-likeness (QED) is 0.742. The Balaban J connectivity index is 1.95. The molecule has 2 heteroatoms. The minimum Gasteiger partial charge on any atom is -0.489 e. The lowest BCUT2D eigenvalue weighted by molar-refractivity contribution is 0.301. The molecule has 0 saturated carbocycles. The smallest absolute Gasteiger partial charge is 0.122 e. The summed E-state index contributed by atoms with van der Waals surface area (Å²) >= 11 is 0. The maximum Gasteiger partial charge on any atom is 0.122 e. The summed E-state index contributed by atoms with van der Waals surface area (Å²) in [5, 5.41) is 0. The number of likely N-dealkylation sites (N-methyl/N-ethyl adjacent to an activating group) is 1. The Morgan fingerprint density at radius 1 is 1.29 bits per heavy atom. The molecule has 0 amide bonds. The number of nitrogens with zero attached hydrogens (tertiary/aromatic N) is 1. The van der Waals surface area contributed by atoms with Gasteiger partial charge in [0.05, 0.1) is 0 Å². The van der Waals surface area contributed by atoms with Gasteiger partial charge in [0, 0.05) is 13.1 Å². The Morgan fingerprint density at radius 3 is 2.82 bits per heavy atom. The van der Waals surface area contributed by atoms with Gasteiger partial charge in [0.2, 0.25) is 0 Å². The number of ether oxygens (including phenoxy) is 1. The molecule has 2 nitrogen and oxygen atoms in total. The lowest BCUT2D eigenvalue weighted by Gasteiger charge is -2.23. The fourth-order valence-electron chi connectivity index (χ4n) is 2.22. The first-order valence-corrected chi connectivity index (χ1v) is 6.21. The van der Waals surface area contributed by atoms with E-state index < -0.39 is 0 Å². The summed E-state index contributed by atoms with van der Waals surface area (Å²) < 4.78 is 5.88. The molecule has 17 heavy (non-hydrogen) atoms. The van der Waals surface area contributed by atoms with Crippen molar-refractivity contribution < 1.29 is 4.74 Å². The zero-order chi connectivity index (χ0) is 12.3. The van der Waals surface area contributed by atoms with Crippen LogP contribution in [0.2, 0.25) is 0 Å². The minimum absolute atomic E-state index is 0.717. The van der Waals surface area contributed by atoms with E-state index in [1.165, 1.54) is 16.7 Å². The van der Waals surface area contributed by atoms with Gasteiger partial charge in [0.1, 0.15) is 12.4 Å². The standard InChI is InChI=1S/C15H21NO/c1-12-6-7-15(13(2)9-12)17-11-14-5-4-8-16(3)10-14/h5-7,9H,4,8,10-11H2,1-3H3. The first-order chi connectivity index (χ1) is 8.15. The van der Waals surface area contributed by atoms with E-state index in [0.29, 0.717) is 6.61 Å². The molecule has 1 aliphatic heterocycles. The molecule has 0 atom stereocenters. The zero-order valence-corrected chi connectivity index (χ0v) is 11.0. The first kappa shape index (κ1) is 12.2. The van der Waals surface area contributed by atoms with Gasteiger partial charge in [-0.1, -0.05) is 23.8 Å². The van der Waals surface area contributed by atoms with Gasteiger partial charge in [-0.05, 0) is 44.5 Å².